The molecule has 0 N–H and O–H groups in total. The van der Waals surface area contributed by atoms with E-state index in [9.17, 15) is 0 Å². The van der Waals surface area contributed by atoms with E-state index in [0.29, 0.717) is 0 Å². The minimum absolute atomic E-state index is 1.19. The standard InChI is InChI=1S/C54H36.C48H32.C46H30/c1-4-16-37(17-5-1)40-22-14-23-41(30-40)42-24-15-25-43(31-42)46-35-52(54-51-29-13-12-27-49(51)48-26-10-11-28-50(48)53(54)36-46)47-33-44(38-18-6-2-7-19-38)32-45(34-47)39-20-8-3-9-21-39;1-4-14-33(15-5-1)36-24-26-37(27-25-36)40-31-46(48-45-23-13-12-21-43(45)42-20-10-11-22-44(42)47(48)32-40)41-29-38(34-16-6-2-7-17-34)28-39(30-41)35-18-8-3-9-19-35;1-2-10-31(11-3-1)33-18-20-34(21-19-33)35-22-24-36(25-23-35)39-29-44(38-27-26-32-12-4-5-13-37(32)28-38)46-43-17-9-8-15-41(43)40-14-6-7-16-42(40)45(46)30-39/h1-36H;1-32H;1-30H. The van der Waals surface area contributed by atoms with Gasteiger partial charge in [-0.2, -0.15) is 0 Å². The molecular formula is C148H98. The van der Waals surface area contributed by atoms with E-state index in [1.807, 2.05) is 0 Å². The van der Waals surface area contributed by atoms with Gasteiger partial charge in [0.1, 0.15) is 0 Å². The van der Waals surface area contributed by atoms with Crippen LogP contribution in [0.25, 0.3) is 275 Å². The highest BCUT2D eigenvalue weighted by atomic mass is 14.3. The molecule has 0 spiro atoms. The molecule has 0 bridgehead atoms. The Morgan fingerprint density at radius 2 is 0.230 bits per heavy atom. The van der Waals surface area contributed by atoms with Crippen molar-refractivity contribution in [2.45, 2.75) is 0 Å². The lowest BCUT2D eigenvalue weighted by Crippen LogP contribution is -1.92. The summed E-state index contributed by atoms with van der Waals surface area (Å²) in [7, 11) is 0. The molecular weight excluding hydrogens is 1780 g/mol. The molecule has 28 rings (SSSR count). The van der Waals surface area contributed by atoms with E-state index in [0.717, 1.165) is 0 Å². The third-order valence-electron chi connectivity index (χ3n) is 29.9. The first-order valence-electron chi connectivity index (χ1n) is 51.2. The van der Waals surface area contributed by atoms with Crippen LogP contribution in [-0.4, -0.2) is 0 Å². The molecule has 0 nitrogen and oxygen atoms in total. The molecule has 0 heteroatoms. The molecule has 148 heavy (non-hydrogen) atoms. The molecule has 690 valence electrons. The molecule has 28 aromatic carbocycles. The third-order valence-corrected chi connectivity index (χ3v) is 29.9. The molecule has 28 aromatic rings. The van der Waals surface area contributed by atoms with Gasteiger partial charge in [0.25, 0.3) is 0 Å². The van der Waals surface area contributed by atoms with Crippen molar-refractivity contribution in [2.24, 2.45) is 0 Å². The van der Waals surface area contributed by atoms with Crippen molar-refractivity contribution in [3.05, 3.63) is 595 Å². The summed E-state index contributed by atoms with van der Waals surface area (Å²) in [4.78, 5) is 0. The smallest absolute Gasteiger partial charge is 0.00199 e. The maximum Gasteiger partial charge on any atom is -0.00199 e. The molecule has 0 aliphatic carbocycles. The maximum absolute atomic E-state index is 2.43. The summed E-state index contributed by atoms with van der Waals surface area (Å²) in [6.45, 7) is 0. The van der Waals surface area contributed by atoms with Gasteiger partial charge in [-0.3, -0.25) is 0 Å². The maximum atomic E-state index is 2.43. The summed E-state index contributed by atoms with van der Waals surface area (Å²) in [5.74, 6) is 0. The van der Waals surface area contributed by atoms with Gasteiger partial charge in [0, 0.05) is 0 Å². The molecule has 0 unspecified atom stereocenters. The van der Waals surface area contributed by atoms with Crippen molar-refractivity contribution in [3.8, 4) is 167 Å². The zero-order valence-corrected chi connectivity index (χ0v) is 81.6. The highest BCUT2D eigenvalue weighted by molar-refractivity contribution is 6.32. The molecule has 0 heterocycles. The van der Waals surface area contributed by atoms with Gasteiger partial charge in [-0.05, 0) is 366 Å². The van der Waals surface area contributed by atoms with Crippen LogP contribution in [0.2, 0.25) is 0 Å². The largest absolute Gasteiger partial charge is 0.0622 e. The Kier molecular flexibility index (Phi) is 23.6. The number of hydrogen-bond donors (Lipinski definition) is 0. The van der Waals surface area contributed by atoms with Gasteiger partial charge >= 0.3 is 0 Å². The van der Waals surface area contributed by atoms with Crippen molar-refractivity contribution in [1.82, 2.24) is 0 Å². The molecule has 0 aromatic heterocycles. The fraction of sp³-hybridized carbons (Fsp3) is 0. The lowest BCUT2D eigenvalue weighted by atomic mass is 9.85. The van der Waals surface area contributed by atoms with E-state index in [1.54, 1.807) is 0 Å². The Labute approximate surface area is 862 Å². The van der Waals surface area contributed by atoms with Crippen molar-refractivity contribution >= 4 is 108 Å². The van der Waals surface area contributed by atoms with Gasteiger partial charge in [0.15, 0.2) is 0 Å². The summed E-state index contributed by atoms with van der Waals surface area (Å²) in [5, 5.41) is 25.6. The zero-order chi connectivity index (χ0) is 98.2. The predicted octanol–water partition coefficient (Wildman–Crippen LogP) is 41.6. The summed E-state index contributed by atoms with van der Waals surface area (Å²) in [5.41, 5.74) is 36.5. The number of benzene rings is 28. The van der Waals surface area contributed by atoms with E-state index in [-0.39, 0.29) is 0 Å². The van der Waals surface area contributed by atoms with Crippen LogP contribution in [0.15, 0.2) is 595 Å². The van der Waals surface area contributed by atoms with E-state index >= 15 is 0 Å². The van der Waals surface area contributed by atoms with Crippen molar-refractivity contribution in [3.63, 3.8) is 0 Å². The second-order valence-corrected chi connectivity index (χ2v) is 38.7. The van der Waals surface area contributed by atoms with E-state index in [4.69, 9.17) is 0 Å². The fourth-order valence-electron chi connectivity index (χ4n) is 22.6. The summed E-state index contributed by atoms with van der Waals surface area (Å²) < 4.78 is 0. The highest BCUT2D eigenvalue weighted by Gasteiger charge is 2.24. The van der Waals surface area contributed by atoms with Crippen LogP contribution in [0.5, 0.6) is 0 Å². The molecule has 0 radical (unpaired) electrons. The Balaban J connectivity index is 0.000000113. The molecule has 0 saturated carbocycles. The molecule has 0 fully saturated rings. The van der Waals surface area contributed by atoms with Crippen LogP contribution in [0.3, 0.4) is 0 Å². The second kappa shape index (κ2) is 39.2. The Hall–Kier alpha value is -19.2. The van der Waals surface area contributed by atoms with Crippen LogP contribution in [0.1, 0.15) is 0 Å². The quantitative estimate of drug-likeness (QED) is 0.0898. The van der Waals surface area contributed by atoms with Crippen molar-refractivity contribution < 1.29 is 0 Å². The van der Waals surface area contributed by atoms with Crippen molar-refractivity contribution in [1.29, 1.82) is 0 Å². The number of rotatable bonds is 15. The first kappa shape index (κ1) is 88.9. The molecule has 0 atom stereocenters. The molecule has 0 aliphatic heterocycles. The Morgan fingerprint density at radius 1 is 0.0676 bits per heavy atom. The minimum atomic E-state index is 1.19. The van der Waals surface area contributed by atoms with E-state index in [1.165, 1.54) is 275 Å². The SMILES string of the molecule is c1ccc(-c2ccc(-c3cc(-c4cc(-c5ccccc5)cc(-c5ccccc5)c4)c4c5ccccc5c5ccccc5c4c3)cc2)cc1.c1ccc(-c2ccc(-c3ccc(-c4cc(-c5ccc6ccccc6c5)c5c6ccccc6c6ccccc6c5c4)cc3)cc2)cc1.c1ccc(-c2cccc(-c3cccc(-c4cc(-c5cc(-c6ccccc6)cc(-c6ccccc6)c5)c5c6ccccc6c6ccccc6c5c4)c3)c2)cc1. The highest BCUT2D eigenvalue weighted by Crippen LogP contribution is 2.51. The van der Waals surface area contributed by atoms with Gasteiger partial charge in [-0.15, -0.1) is 0 Å². The average Bonchev–Trinajstić information content (AvgIpc) is 0.681. The van der Waals surface area contributed by atoms with E-state index < -0.39 is 0 Å². The summed E-state index contributed by atoms with van der Waals surface area (Å²) in [6.07, 6.45) is 0. The van der Waals surface area contributed by atoms with Gasteiger partial charge in [0.05, 0.1) is 0 Å². The monoisotopic (exact) mass is 1870 g/mol. The lowest BCUT2D eigenvalue weighted by molar-refractivity contribution is 1.57. The molecule has 0 saturated heterocycles. The van der Waals surface area contributed by atoms with Crippen molar-refractivity contribution in [2.75, 3.05) is 0 Å². The lowest BCUT2D eigenvalue weighted by Gasteiger charge is -2.18. The Bertz CT molecular complexity index is 9750. The number of fused-ring (bicyclic) bond motifs is 19. The van der Waals surface area contributed by atoms with Crippen LogP contribution in [0.4, 0.5) is 0 Å². The zero-order valence-electron chi connectivity index (χ0n) is 81.6. The van der Waals surface area contributed by atoms with Gasteiger partial charge < -0.3 is 0 Å². The van der Waals surface area contributed by atoms with Crippen LogP contribution < -0.4 is 0 Å². The predicted molar refractivity (Wildman–Crippen MR) is 636 cm³/mol. The first-order valence-corrected chi connectivity index (χ1v) is 51.2. The van der Waals surface area contributed by atoms with Crippen LogP contribution >= 0.6 is 0 Å². The fourth-order valence-corrected chi connectivity index (χ4v) is 22.6. The number of hydrogen-bond acceptors (Lipinski definition) is 0. The Morgan fingerprint density at radius 3 is 0.520 bits per heavy atom. The topological polar surface area (TPSA) is 0 Å². The first-order chi connectivity index (χ1) is 73.4. The van der Waals surface area contributed by atoms with Gasteiger partial charge in [-0.25, -0.2) is 0 Å². The average molecular weight is 1880 g/mol. The van der Waals surface area contributed by atoms with Gasteiger partial charge in [0.2, 0.25) is 0 Å². The van der Waals surface area contributed by atoms with E-state index in [2.05, 4.69) is 595 Å². The molecule has 0 amide bonds. The normalized spacial score (nSPS) is 11.4. The summed E-state index contributed by atoms with van der Waals surface area (Å²) in [6, 6.07) is 217. The van der Waals surface area contributed by atoms with Crippen LogP contribution in [-0.2, 0) is 0 Å². The van der Waals surface area contributed by atoms with Crippen LogP contribution in [0, 0.1) is 0 Å². The minimum Gasteiger partial charge on any atom is -0.0622 e. The third kappa shape index (κ3) is 17.3. The summed E-state index contributed by atoms with van der Waals surface area (Å²) >= 11 is 0. The molecule has 0 aliphatic rings. The second-order valence-electron chi connectivity index (χ2n) is 38.7. The van der Waals surface area contributed by atoms with Gasteiger partial charge in [-0.1, -0.05) is 504 Å².